The van der Waals surface area contributed by atoms with Gasteiger partial charge in [-0.15, -0.1) is 0 Å². The van der Waals surface area contributed by atoms with Gasteiger partial charge in [-0.3, -0.25) is 4.79 Å². The standard InChI is InChI=1S/C10H10O3/c1-6-9(11)10(12)7-4-2-3-5-8(7)13-6/h2-6,9,11H,1H3. The monoisotopic (exact) mass is 178 g/mol. The van der Waals surface area contributed by atoms with E-state index in [1.165, 1.54) is 0 Å². The molecule has 1 aliphatic heterocycles. The third-order valence-corrected chi connectivity index (χ3v) is 2.18. The van der Waals surface area contributed by atoms with Crippen LogP contribution in [-0.2, 0) is 0 Å². The van der Waals surface area contributed by atoms with Crippen molar-refractivity contribution in [2.24, 2.45) is 0 Å². The van der Waals surface area contributed by atoms with Gasteiger partial charge in [-0.05, 0) is 19.1 Å². The van der Waals surface area contributed by atoms with Gasteiger partial charge in [-0.1, -0.05) is 12.1 Å². The molecule has 0 aromatic heterocycles. The SMILES string of the molecule is CC1Oc2ccccc2C(=O)C1O. The summed E-state index contributed by atoms with van der Waals surface area (Å²) in [5, 5.41) is 9.42. The van der Waals surface area contributed by atoms with Crippen LogP contribution in [0.25, 0.3) is 0 Å². The predicted molar refractivity (Wildman–Crippen MR) is 46.9 cm³/mol. The molecule has 1 heterocycles. The molecule has 3 heteroatoms. The normalized spacial score (nSPS) is 26.5. The van der Waals surface area contributed by atoms with Gasteiger partial charge in [0, 0.05) is 0 Å². The maximum Gasteiger partial charge on any atom is 0.198 e. The third kappa shape index (κ3) is 1.21. The molecule has 1 N–H and O–H groups in total. The van der Waals surface area contributed by atoms with E-state index in [0.717, 1.165) is 0 Å². The highest BCUT2D eigenvalue weighted by atomic mass is 16.5. The van der Waals surface area contributed by atoms with Crippen molar-refractivity contribution in [2.45, 2.75) is 19.1 Å². The number of hydrogen-bond donors (Lipinski definition) is 1. The number of carbonyl (C=O) groups excluding carboxylic acids is 1. The zero-order valence-corrected chi connectivity index (χ0v) is 7.23. The molecule has 2 atom stereocenters. The lowest BCUT2D eigenvalue weighted by Gasteiger charge is -2.26. The van der Waals surface area contributed by atoms with Crippen molar-refractivity contribution in [3.8, 4) is 5.75 Å². The molecule has 0 amide bonds. The molecular formula is C10H10O3. The largest absolute Gasteiger partial charge is 0.487 e. The molecule has 0 aliphatic carbocycles. The number of aliphatic hydroxyl groups excluding tert-OH is 1. The van der Waals surface area contributed by atoms with E-state index in [1.807, 2.05) is 0 Å². The van der Waals surface area contributed by atoms with E-state index >= 15 is 0 Å². The molecule has 0 spiro atoms. The summed E-state index contributed by atoms with van der Waals surface area (Å²) in [6.45, 7) is 1.68. The Morgan fingerprint density at radius 1 is 1.38 bits per heavy atom. The molecule has 0 bridgehead atoms. The number of ketones is 1. The highest BCUT2D eigenvalue weighted by Crippen LogP contribution is 2.26. The first-order valence-electron chi connectivity index (χ1n) is 4.18. The fourth-order valence-electron chi connectivity index (χ4n) is 1.41. The smallest absolute Gasteiger partial charge is 0.198 e. The summed E-state index contributed by atoms with van der Waals surface area (Å²) in [7, 11) is 0. The van der Waals surface area contributed by atoms with Crippen LogP contribution in [0, 0.1) is 0 Å². The van der Waals surface area contributed by atoms with E-state index in [4.69, 9.17) is 4.74 Å². The minimum absolute atomic E-state index is 0.255. The van der Waals surface area contributed by atoms with E-state index in [1.54, 1.807) is 31.2 Å². The number of ether oxygens (including phenoxy) is 1. The van der Waals surface area contributed by atoms with E-state index in [-0.39, 0.29) is 5.78 Å². The van der Waals surface area contributed by atoms with Crippen molar-refractivity contribution in [3.05, 3.63) is 29.8 Å². The number of benzene rings is 1. The van der Waals surface area contributed by atoms with E-state index < -0.39 is 12.2 Å². The van der Waals surface area contributed by atoms with Gasteiger partial charge in [0.15, 0.2) is 11.9 Å². The zero-order chi connectivity index (χ0) is 9.42. The maximum absolute atomic E-state index is 11.5. The second kappa shape index (κ2) is 2.85. The van der Waals surface area contributed by atoms with Crippen LogP contribution in [0.15, 0.2) is 24.3 Å². The van der Waals surface area contributed by atoms with Crippen LogP contribution in [0.5, 0.6) is 5.75 Å². The summed E-state index contributed by atoms with van der Waals surface area (Å²) in [6, 6.07) is 6.95. The van der Waals surface area contributed by atoms with Crippen LogP contribution >= 0.6 is 0 Å². The molecule has 0 fully saturated rings. The third-order valence-electron chi connectivity index (χ3n) is 2.18. The van der Waals surface area contributed by atoms with Crippen LogP contribution in [0.4, 0.5) is 0 Å². The average molecular weight is 178 g/mol. The molecule has 13 heavy (non-hydrogen) atoms. The van der Waals surface area contributed by atoms with Gasteiger partial charge in [0.2, 0.25) is 0 Å². The van der Waals surface area contributed by atoms with Gasteiger partial charge in [0.05, 0.1) is 5.56 Å². The Bertz CT molecular complexity index is 346. The first kappa shape index (κ1) is 8.26. The molecule has 3 nitrogen and oxygen atoms in total. The number of para-hydroxylation sites is 1. The lowest BCUT2D eigenvalue weighted by atomic mass is 9.99. The second-order valence-electron chi connectivity index (χ2n) is 3.13. The fourth-order valence-corrected chi connectivity index (χ4v) is 1.41. The summed E-state index contributed by atoms with van der Waals surface area (Å²) in [4.78, 5) is 11.5. The van der Waals surface area contributed by atoms with E-state index in [2.05, 4.69) is 0 Å². The van der Waals surface area contributed by atoms with E-state index in [0.29, 0.717) is 11.3 Å². The molecule has 0 radical (unpaired) electrons. The van der Waals surface area contributed by atoms with Gasteiger partial charge in [0.25, 0.3) is 0 Å². The number of rotatable bonds is 0. The van der Waals surface area contributed by atoms with Crippen LogP contribution < -0.4 is 4.74 Å². The number of fused-ring (bicyclic) bond motifs is 1. The quantitative estimate of drug-likeness (QED) is 0.645. The highest BCUT2D eigenvalue weighted by Gasteiger charge is 2.32. The summed E-state index contributed by atoms with van der Waals surface area (Å²) in [5.74, 6) is 0.305. The fraction of sp³-hybridized carbons (Fsp3) is 0.300. The Hall–Kier alpha value is -1.35. The van der Waals surface area contributed by atoms with Crippen molar-refractivity contribution < 1.29 is 14.6 Å². The molecule has 68 valence electrons. The van der Waals surface area contributed by atoms with E-state index in [9.17, 15) is 9.90 Å². The average Bonchev–Trinajstić information content (AvgIpc) is 2.15. The van der Waals surface area contributed by atoms with Crippen molar-refractivity contribution in [1.82, 2.24) is 0 Å². The van der Waals surface area contributed by atoms with Crippen molar-refractivity contribution in [3.63, 3.8) is 0 Å². The number of carbonyl (C=O) groups is 1. The minimum Gasteiger partial charge on any atom is -0.487 e. The van der Waals surface area contributed by atoms with Gasteiger partial charge in [-0.25, -0.2) is 0 Å². The van der Waals surface area contributed by atoms with Crippen molar-refractivity contribution in [1.29, 1.82) is 0 Å². The molecule has 0 saturated heterocycles. The molecule has 2 unspecified atom stereocenters. The summed E-state index contributed by atoms with van der Waals surface area (Å²) in [5.41, 5.74) is 0.466. The lowest BCUT2D eigenvalue weighted by molar-refractivity contribution is 0.0291. The Balaban J connectivity index is 2.49. The first-order valence-corrected chi connectivity index (χ1v) is 4.18. The Labute approximate surface area is 76.0 Å². The minimum atomic E-state index is -1.03. The van der Waals surface area contributed by atoms with Crippen molar-refractivity contribution >= 4 is 5.78 Å². The predicted octanol–water partition coefficient (Wildman–Crippen LogP) is 1.01. The van der Waals surface area contributed by atoms with Gasteiger partial charge < -0.3 is 9.84 Å². The Morgan fingerprint density at radius 2 is 2.08 bits per heavy atom. The van der Waals surface area contributed by atoms with Crippen LogP contribution in [0.2, 0.25) is 0 Å². The number of hydrogen-bond acceptors (Lipinski definition) is 3. The molecule has 1 aromatic carbocycles. The second-order valence-corrected chi connectivity index (χ2v) is 3.13. The number of aliphatic hydroxyl groups is 1. The molecule has 1 aliphatic rings. The Kier molecular flexibility index (Phi) is 1.81. The highest BCUT2D eigenvalue weighted by molar-refractivity contribution is 6.02. The molecular weight excluding hydrogens is 168 g/mol. The summed E-state index contributed by atoms with van der Waals surface area (Å²) < 4.78 is 5.34. The summed E-state index contributed by atoms with van der Waals surface area (Å²) in [6.07, 6.45) is -1.49. The molecule has 0 saturated carbocycles. The Morgan fingerprint density at radius 3 is 2.85 bits per heavy atom. The summed E-state index contributed by atoms with van der Waals surface area (Å²) >= 11 is 0. The molecule has 2 rings (SSSR count). The van der Waals surface area contributed by atoms with Gasteiger partial charge in [-0.2, -0.15) is 0 Å². The molecule has 1 aromatic rings. The van der Waals surface area contributed by atoms with Crippen LogP contribution in [0.1, 0.15) is 17.3 Å². The van der Waals surface area contributed by atoms with Gasteiger partial charge >= 0.3 is 0 Å². The first-order chi connectivity index (χ1) is 6.20. The topological polar surface area (TPSA) is 46.5 Å². The van der Waals surface area contributed by atoms with Crippen molar-refractivity contribution in [2.75, 3.05) is 0 Å². The van der Waals surface area contributed by atoms with Crippen LogP contribution in [0.3, 0.4) is 0 Å². The lowest BCUT2D eigenvalue weighted by Crippen LogP contribution is -2.40. The maximum atomic E-state index is 11.5. The zero-order valence-electron chi connectivity index (χ0n) is 7.23. The number of Topliss-reactive ketones (excluding diaryl/α,β-unsaturated/α-hetero) is 1. The van der Waals surface area contributed by atoms with Crippen LogP contribution in [-0.4, -0.2) is 23.1 Å². The van der Waals surface area contributed by atoms with Gasteiger partial charge in [0.1, 0.15) is 11.9 Å².